The van der Waals surface area contributed by atoms with E-state index in [9.17, 15) is 5.11 Å². The molecule has 2 nitrogen and oxygen atoms in total. The second-order valence-corrected chi connectivity index (χ2v) is 8.74. The highest BCUT2D eigenvalue weighted by Gasteiger charge is 2.33. The topological polar surface area (TPSA) is 29.5 Å². The summed E-state index contributed by atoms with van der Waals surface area (Å²) in [5.41, 5.74) is -0.367. The Kier molecular flexibility index (Phi) is 5.05. The molecule has 0 spiro atoms. The van der Waals surface area contributed by atoms with Crippen LogP contribution in [0.25, 0.3) is 0 Å². The molecule has 0 aromatic heterocycles. The number of benzene rings is 3. The molecule has 0 radical (unpaired) electrons. The van der Waals surface area contributed by atoms with Crippen LogP contribution < -0.4 is 4.74 Å². The number of phenolic OH excluding ortho intramolecular Hbond substituents is 1. The van der Waals surface area contributed by atoms with Crippen LogP contribution in [0.1, 0.15) is 20.8 Å². The van der Waals surface area contributed by atoms with Crippen molar-refractivity contribution in [2.75, 3.05) is 0 Å². The Labute approximate surface area is 152 Å². The van der Waals surface area contributed by atoms with Crippen LogP contribution in [0.3, 0.4) is 0 Å². The molecular weight excluding hydrogens is 328 g/mol. The van der Waals surface area contributed by atoms with Crippen LogP contribution in [0.15, 0.2) is 93.5 Å². The lowest BCUT2D eigenvalue weighted by molar-refractivity contribution is 0.125. The third-order valence-electron chi connectivity index (χ3n) is 3.56. The third kappa shape index (κ3) is 4.18. The molecule has 0 aliphatic carbocycles. The van der Waals surface area contributed by atoms with Gasteiger partial charge in [-0.3, -0.25) is 0 Å². The second kappa shape index (κ2) is 7.24. The predicted octanol–water partition coefficient (Wildman–Crippen LogP) is 5.66. The summed E-state index contributed by atoms with van der Waals surface area (Å²) in [4.78, 5) is 3.20. The molecule has 0 atom stereocenters. The molecule has 3 heteroatoms. The number of para-hydroxylation sites is 1. The van der Waals surface area contributed by atoms with E-state index in [4.69, 9.17) is 4.74 Å². The van der Waals surface area contributed by atoms with Crippen molar-refractivity contribution in [2.45, 2.75) is 41.1 Å². The maximum Gasteiger partial charge on any atom is 0.215 e. The summed E-state index contributed by atoms with van der Waals surface area (Å²) in [6.45, 7) is 5.94. The summed E-state index contributed by atoms with van der Waals surface area (Å²) in [6, 6.07) is 26.3. The number of aromatic hydroxyl groups is 1. The van der Waals surface area contributed by atoms with Gasteiger partial charge < -0.3 is 9.84 Å². The molecule has 0 heterocycles. The van der Waals surface area contributed by atoms with E-state index in [1.807, 2.05) is 75.4 Å². The monoisotopic (exact) mass is 351 g/mol. The van der Waals surface area contributed by atoms with E-state index >= 15 is 0 Å². The lowest BCUT2D eigenvalue weighted by Gasteiger charge is -2.22. The molecule has 0 aliphatic heterocycles. The minimum Gasteiger partial charge on any atom is -0.501 e. The van der Waals surface area contributed by atoms with Gasteiger partial charge in [-0.25, -0.2) is 0 Å². The molecule has 128 valence electrons. The summed E-state index contributed by atoms with van der Waals surface area (Å²) < 4.78 is 5.95. The van der Waals surface area contributed by atoms with Crippen molar-refractivity contribution < 1.29 is 9.84 Å². The Morgan fingerprint density at radius 2 is 1.24 bits per heavy atom. The second-order valence-electron chi connectivity index (χ2n) is 6.75. The highest BCUT2D eigenvalue weighted by Crippen LogP contribution is 2.41. The summed E-state index contributed by atoms with van der Waals surface area (Å²) in [5, 5.41) is 10.9. The van der Waals surface area contributed by atoms with Gasteiger partial charge in [-0.2, -0.15) is 0 Å². The zero-order valence-electron chi connectivity index (χ0n) is 14.8. The molecule has 0 bridgehead atoms. The Balaban J connectivity index is 2.13. The van der Waals surface area contributed by atoms with E-state index in [2.05, 4.69) is 24.3 Å². The van der Waals surface area contributed by atoms with E-state index in [-0.39, 0.29) is 11.4 Å². The zero-order valence-corrected chi connectivity index (χ0v) is 15.6. The van der Waals surface area contributed by atoms with Crippen molar-refractivity contribution in [1.82, 2.24) is 0 Å². The van der Waals surface area contributed by atoms with Gasteiger partial charge in [0.2, 0.25) is 10.6 Å². The number of hydrogen-bond acceptors (Lipinski definition) is 2. The average Bonchev–Trinajstić information content (AvgIpc) is 2.59. The van der Waals surface area contributed by atoms with Crippen molar-refractivity contribution in [3.63, 3.8) is 0 Å². The molecule has 3 aromatic carbocycles. The average molecular weight is 351 g/mol. The Bertz CT molecular complexity index is 784. The van der Waals surface area contributed by atoms with Crippen LogP contribution in [0.2, 0.25) is 0 Å². The summed E-state index contributed by atoms with van der Waals surface area (Å²) >= 11 is 0. The minimum atomic E-state index is -0.395. The van der Waals surface area contributed by atoms with Gasteiger partial charge in [-0.05, 0) is 57.2 Å². The number of ether oxygens (including phenoxy) is 1. The van der Waals surface area contributed by atoms with E-state index < -0.39 is 10.9 Å². The molecule has 0 fully saturated rings. The first-order chi connectivity index (χ1) is 12.0. The SMILES string of the molecule is CC(C)(C)Oc1cccc([S+](c2ccccc2)c2ccccc2)c1O. The lowest BCUT2D eigenvalue weighted by atomic mass is 10.2. The molecule has 0 amide bonds. The number of rotatable bonds is 4. The lowest BCUT2D eigenvalue weighted by Crippen LogP contribution is -2.23. The van der Waals surface area contributed by atoms with Gasteiger partial charge in [0.15, 0.2) is 15.5 Å². The van der Waals surface area contributed by atoms with Crippen molar-refractivity contribution >= 4 is 10.9 Å². The van der Waals surface area contributed by atoms with E-state index in [0.717, 1.165) is 14.7 Å². The highest BCUT2D eigenvalue weighted by molar-refractivity contribution is 7.97. The Hall–Kier alpha value is -2.39. The molecule has 0 saturated heterocycles. The molecule has 3 aromatic rings. The summed E-state index contributed by atoms with van der Waals surface area (Å²) in [7, 11) is -0.395. The van der Waals surface area contributed by atoms with Gasteiger partial charge in [-0.15, -0.1) is 0 Å². The first-order valence-corrected chi connectivity index (χ1v) is 9.53. The van der Waals surface area contributed by atoms with E-state index in [1.165, 1.54) is 0 Å². The quantitative estimate of drug-likeness (QED) is 0.614. The normalized spacial score (nSPS) is 11.5. The highest BCUT2D eigenvalue weighted by atomic mass is 32.2. The van der Waals surface area contributed by atoms with Gasteiger partial charge >= 0.3 is 0 Å². The number of hydrogen-bond donors (Lipinski definition) is 1. The fraction of sp³-hybridized carbons (Fsp3) is 0.182. The maximum atomic E-state index is 10.9. The maximum absolute atomic E-state index is 10.9. The zero-order chi connectivity index (χ0) is 17.9. The van der Waals surface area contributed by atoms with Crippen molar-refractivity contribution in [3.05, 3.63) is 78.9 Å². The third-order valence-corrected chi connectivity index (χ3v) is 5.81. The van der Waals surface area contributed by atoms with Gasteiger partial charge in [0.25, 0.3) is 0 Å². The first-order valence-electron chi connectivity index (χ1n) is 8.31. The minimum absolute atomic E-state index is 0.216. The van der Waals surface area contributed by atoms with Crippen LogP contribution >= 0.6 is 0 Å². The molecular formula is C22H23O2S+. The number of phenols is 1. The van der Waals surface area contributed by atoms with E-state index in [0.29, 0.717) is 5.75 Å². The van der Waals surface area contributed by atoms with Crippen molar-refractivity contribution in [3.8, 4) is 11.5 Å². The Morgan fingerprint density at radius 3 is 1.72 bits per heavy atom. The standard InChI is InChI=1S/C22H22O2S/c1-22(2,3)24-19-15-10-16-20(21(19)23)25(17-11-6-4-7-12-17)18-13-8-5-9-14-18/h4-16H,1-3H3/p+1. The molecule has 0 unspecified atom stereocenters. The fourth-order valence-electron chi connectivity index (χ4n) is 2.58. The molecule has 25 heavy (non-hydrogen) atoms. The van der Waals surface area contributed by atoms with Gasteiger partial charge in [0.1, 0.15) is 16.5 Å². The van der Waals surface area contributed by atoms with E-state index in [1.54, 1.807) is 0 Å². The molecule has 3 rings (SSSR count). The Morgan fingerprint density at radius 1 is 0.720 bits per heavy atom. The van der Waals surface area contributed by atoms with Gasteiger partial charge in [0.05, 0.1) is 0 Å². The van der Waals surface area contributed by atoms with Crippen LogP contribution in [-0.4, -0.2) is 10.7 Å². The smallest absolute Gasteiger partial charge is 0.215 e. The van der Waals surface area contributed by atoms with Crippen LogP contribution in [0.5, 0.6) is 11.5 Å². The molecule has 0 saturated carbocycles. The first kappa shape index (κ1) is 17.4. The fourth-order valence-corrected chi connectivity index (χ4v) is 4.73. The molecule has 0 aliphatic rings. The summed E-state index contributed by atoms with van der Waals surface area (Å²) in [5.74, 6) is 0.739. The largest absolute Gasteiger partial charge is 0.501 e. The van der Waals surface area contributed by atoms with Crippen LogP contribution in [-0.2, 0) is 10.9 Å². The van der Waals surface area contributed by atoms with Gasteiger partial charge in [0, 0.05) is 0 Å². The summed E-state index contributed by atoms with van der Waals surface area (Å²) in [6.07, 6.45) is 0. The molecule has 1 N–H and O–H groups in total. The van der Waals surface area contributed by atoms with Crippen molar-refractivity contribution in [1.29, 1.82) is 0 Å². The van der Waals surface area contributed by atoms with Gasteiger partial charge in [-0.1, -0.05) is 42.5 Å². The van der Waals surface area contributed by atoms with Crippen LogP contribution in [0.4, 0.5) is 0 Å². The predicted molar refractivity (Wildman–Crippen MR) is 104 cm³/mol. The van der Waals surface area contributed by atoms with Crippen molar-refractivity contribution in [2.24, 2.45) is 0 Å². The van der Waals surface area contributed by atoms with Crippen LogP contribution in [0, 0.1) is 0 Å².